The average molecular weight is 395 g/mol. The first kappa shape index (κ1) is 24.2. The standard InChI is InChI=1S/C25H50N2O/c1-9-12-18-26(25(8,10-2)11-3)21-19-23(4,5)27(24(6,7)20-21)28-22-16-14-13-15-17-22/h21-22H,9-20H2,1-8H3. The van der Waals surface area contributed by atoms with E-state index in [-0.39, 0.29) is 11.1 Å². The summed E-state index contributed by atoms with van der Waals surface area (Å²) in [6, 6.07) is 0.632. The number of hydrogen-bond acceptors (Lipinski definition) is 3. The van der Waals surface area contributed by atoms with Gasteiger partial charge < -0.3 is 0 Å². The van der Waals surface area contributed by atoms with Gasteiger partial charge in [-0.15, -0.1) is 0 Å². The molecule has 1 saturated heterocycles. The normalized spacial score (nSPS) is 24.8. The first-order valence-corrected chi connectivity index (χ1v) is 12.3. The fourth-order valence-electron chi connectivity index (χ4n) is 5.91. The fraction of sp³-hybridized carbons (Fsp3) is 1.00. The maximum atomic E-state index is 6.73. The summed E-state index contributed by atoms with van der Waals surface area (Å²) in [6.07, 6.45) is 14.4. The van der Waals surface area contributed by atoms with Crippen LogP contribution in [0.1, 0.15) is 126 Å². The van der Waals surface area contributed by atoms with Crippen molar-refractivity contribution in [3.05, 3.63) is 0 Å². The Bertz CT molecular complexity index is 445. The third-order valence-corrected chi connectivity index (χ3v) is 7.79. The highest BCUT2D eigenvalue weighted by Crippen LogP contribution is 2.44. The van der Waals surface area contributed by atoms with E-state index in [2.05, 4.69) is 65.4 Å². The second kappa shape index (κ2) is 9.79. The van der Waals surface area contributed by atoms with Gasteiger partial charge in [-0.05, 0) is 86.1 Å². The highest BCUT2D eigenvalue weighted by molar-refractivity contribution is 5.02. The molecule has 0 bridgehead atoms. The van der Waals surface area contributed by atoms with Gasteiger partial charge in [-0.1, -0.05) is 46.5 Å². The van der Waals surface area contributed by atoms with Gasteiger partial charge in [0, 0.05) is 22.7 Å². The highest BCUT2D eigenvalue weighted by atomic mass is 16.7. The number of hydroxylamine groups is 2. The van der Waals surface area contributed by atoms with E-state index in [0.29, 0.717) is 17.7 Å². The molecule has 0 aromatic carbocycles. The van der Waals surface area contributed by atoms with Crippen LogP contribution in [-0.4, -0.2) is 45.3 Å². The van der Waals surface area contributed by atoms with Gasteiger partial charge >= 0.3 is 0 Å². The molecule has 2 aliphatic rings. The molecule has 0 aromatic heterocycles. The molecule has 1 heterocycles. The van der Waals surface area contributed by atoms with Crippen molar-refractivity contribution in [1.29, 1.82) is 0 Å². The van der Waals surface area contributed by atoms with Gasteiger partial charge in [0.05, 0.1) is 6.10 Å². The van der Waals surface area contributed by atoms with Gasteiger partial charge in [-0.2, -0.15) is 5.06 Å². The number of hydrogen-bond donors (Lipinski definition) is 0. The van der Waals surface area contributed by atoms with Crippen molar-refractivity contribution >= 4 is 0 Å². The monoisotopic (exact) mass is 394 g/mol. The lowest BCUT2D eigenvalue weighted by Crippen LogP contribution is -2.66. The Balaban J connectivity index is 2.21. The summed E-state index contributed by atoms with van der Waals surface area (Å²) < 4.78 is 0. The molecule has 0 amide bonds. The van der Waals surface area contributed by atoms with Crippen molar-refractivity contribution < 1.29 is 4.84 Å². The summed E-state index contributed by atoms with van der Waals surface area (Å²) >= 11 is 0. The van der Waals surface area contributed by atoms with Crippen molar-refractivity contribution in [3.63, 3.8) is 0 Å². The summed E-state index contributed by atoms with van der Waals surface area (Å²) in [4.78, 5) is 9.61. The molecule has 3 nitrogen and oxygen atoms in total. The molecule has 1 saturated carbocycles. The lowest BCUT2D eigenvalue weighted by molar-refractivity contribution is -0.315. The summed E-state index contributed by atoms with van der Waals surface area (Å²) in [5.41, 5.74) is 0.436. The van der Waals surface area contributed by atoms with Gasteiger partial charge in [0.2, 0.25) is 0 Å². The largest absolute Gasteiger partial charge is 0.295 e. The Morgan fingerprint density at radius 3 is 1.93 bits per heavy atom. The molecule has 0 atom stereocenters. The van der Waals surface area contributed by atoms with Gasteiger partial charge in [-0.25, -0.2) is 0 Å². The molecule has 0 radical (unpaired) electrons. The zero-order chi connectivity index (χ0) is 21.0. The second-order valence-corrected chi connectivity index (χ2v) is 11.1. The van der Waals surface area contributed by atoms with Crippen LogP contribution >= 0.6 is 0 Å². The third kappa shape index (κ3) is 5.52. The lowest BCUT2D eigenvalue weighted by Gasteiger charge is -2.59. The molecule has 0 N–H and O–H groups in total. The number of unbranched alkanes of at least 4 members (excludes halogenated alkanes) is 1. The Kier molecular flexibility index (Phi) is 8.45. The zero-order valence-corrected chi connectivity index (χ0v) is 20.4. The van der Waals surface area contributed by atoms with Crippen molar-refractivity contribution in [2.24, 2.45) is 0 Å². The molecule has 166 valence electrons. The van der Waals surface area contributed by atoms with Crippen LogP contribution in [0.2, 0.25) is 0 Å². The molecule has 1 aliphatic heterocycles. The Hall–Kier alpha value is -0.120. The first-order chi connectivity index (χ1) is 13.1. The van der Waals surface area contributed by atoms with E-state index in [0.717, 1.165) is 0 Å². The van der Waals surface area contributed by atoms with Gasteiger partial charge in [-0.3, -0.25) is 9.74 Å². The summed E-state index contributed by atoms with van der Waals surface area (Å²) in [6.45, 7) is 20.5. The smallest absolute Gasteiger partial charge is 0.0793 e. The van der Waals surface area contributed by atoms with Crippen LogP contribution < -0.4 is 0 Å². The molecule has 2 rings (SSSR count). The van der Waals surface area contributed by atoms with Gasteiger partial charge in [0.15, 0.2) is 0 Å². The lowest BCUT2D eigenvalue weighted by atomic mass is 9.76. The van der Waals surface area contributed by atoms with Crippen LogP contribution in [0.4, 0.5) is 0 Å². The average Bonchev–Trinajstić information content (AvgIpc) is 2.65. The molecular weight excluding hydrogens is 344 g/mol. The third-order valence-electron chi connectivity index (χ3n) is 7.79. The second-order valence-electron chi connectivity index (χ2n) is 11.1. The van der Waals surface area contributed by atoms with Crippen LogP contribution in [-0.2, 0) is 4.84 Å². The van der Waals surface area contributed by atoms with Gasteiger partial charge in [0.1, 0.15) is 0 Å². The number of rotatable bonds is 9. The Labute approximate surface area is 176 Å². The van der Waals surface area contributed by atoms with Crippen LogP contribution in [0.25, 0.3) is 0 Å². The van der Waals surface area contributed by atoms with Gasteiger partial charge in [0.25, 0.3) is 0 Å². The molecule has 0 spiro atoms. The Morgan fingerprint density at radius 2 is 1.46 bits per heavy atom. The molecule has 0 unspecified atom stereocenters. The van der Waals surface area contributed by atoms with E-state index in [1.807, 2.05) is 0 Å². The van der Waals surface area contributed by atoms with E-state index in [1.54, 1.807) is 0 Å². The minimum absolute atomic E-state index is 0.0662. The minimum atomic E-state index is 0.0662. The van der Waals surface area contributed by atoms with Crippen LogP contribution in [0, 0.1) is 0 Å². The minimum Gasteiger partial charge on any atom is -0.295 e. The quantitative estimate of drug-likeness (QED) is 0.420. The van der Waals surface area contributed by atoms with E-state index >= 15 is 0 Å². The molecule has 3 heteroatoms. The SMILES string of the molecule is CCCCN(C1CC(C)(C)N(OC2CCCCC2)C(C)(C)C1)C(C)(CC)CC. The van der Waals surface area contributed by atoms with Crippen molar-refractivity contribution in [2.45, 2.75) is 155 Å². The van der Waals surface area contributed by atoms with Crippen molar-refractivity contribution in [2.75, 3.05) is 6.54 Å². The highest BCUT2D eigenvalue weighted by Gasteiger charge is 2.50. The summed E-state index contributed by atoms with van der Waals surface area (Å²) in [7, 11) is 0. The number of nitrogens with zero attached hydrogens (tertiary/aromatic N) is 2. The van der Waals surface area contributed by atoms with E-state index in [9.17, 15) is 0 Å². The molecule has 0 aromatic rings. The molecular formula is C25H50N2O. The van der Waals surface area contributed by atoms with E-state index in [1.165, 1.54) is 77.2 Å². The Morgan fingerprint density at radius 1 is 0.929 bits per heavy atom. The van der Waals surface area contributed by atoms with Crippen LogP contribution in [0.15, 0.2) is 0 Å². The summed E-state index contributed by atoms with van der Waals surface area (Å²) in [5.74, 6) is 0. The van der Waals surface area contributed by atoms with Crippen LogP contribution in [0.5, 0.6) is 0 Å². The van der Waals surface area contributed by atoms with E-state index < -0.39 is 0 Å². The maximum absolute atomic E-state index is 6.73. The first-order valence-electron chi connectivity index (χ1n) is 12.3. The topological polar surface area (TPSA) is 15.7 Å². The number of piperidine rings is 1. The fourth-order valence-corrected chi connectivity index (χ4v) is 5.91. The maximum Gasteiger partial charge on any atom is 0.0793 e. The van der Waals surface area contributed by atoms with Crippen molar-refractivity contribution in [3.8, 4) is 0 Å². The predicted molar refractivity (Wildman–Crippen MR) is 122 cm³/mol. The molecule has 28 heavy (non-hydrogen) atoms. The van der Waals surface area contributed by atoms with E-state index in [4.69, 9.17) is 4.84 Å². The van der Waals surface area contributed by atoms with Crippen LogP contribution in [0.3, 0.4) is 0 Å². The molecule has 1 aliphatic carbocycles. The van der Waals surface area contributed by atoms with Crippen molar-refractivity contribution in [1.82, 2.24) is 9.96 Å². The summed E-state index contributed by atoms with van der Waals surface area (Å²) in [5, 5.41) is 2.42. The molecule has 2 fully saturated rings. The zero-order valence-electron chi connectivity index (χ0n) is 20.4. The predicted octanol–water partition coefficient (Wildman–Crippen LogP) is 6.95.